The summed E-state index contributed by atoms with van der Waals surface area (Å²) in [7, 11) is 1.55. The number of pyridine rings is 1. The Morgan fingerprint density at radius 1 is 1.32 bits per heavy atom. The topological polar surface area (TPSA) is 77.2 Å². The van der Waals surface area contributed by atoms with E-state index in [1.807, 2.05) is 19.1 Å². The normalized spacial score (nSPS) is 11.9. The summed E-state index contributed by atoms with van der Waals surface area (Å²) in [5.41, 5.74) is 8.02. The van der Waals surface area contributed by atoms with Crippen molar-refractivity contribution in [3.63, 3.8) is 0 Å². The molecule has 3 N–H and O–H groups in total. The number of methoxy groups -OCH3 is 1. The molecule has 1 unspecified atom stereocenters. The monoisotopic (exact) mass is 299 g/mol. The van der Waals surface area contributed by atoms with Crippen molar-refractivity contribution in [2.24, 2.45) is 0 Å². The second kappa shape index (κ2) is 7.56. The summed E-state index contributed by atoms with van der Waals surface area (Å²) >= 11 is 0. The van der Waals surface area contributed by atoms with Crippen molar-refractivity contribution in [1.82, 2.24) is 10.3 Å². The first-order chi connectivity index (χ1) is 10.7. The van der Waals surface area contributed by atoms with Crippen LogP contribution in [0.1, 0.15) is 29.3 Å². The van der Waals surface area contributed by atoms with Crippen molar-refractivity contribution >= 4 is 11.5 Å². The average molecular weight is 299 g/mol. The lowest BCUT2D eigenvalue weighted by Crippen LogP contribution is -2.35. The molecule has 0 amide bonds. The van der Waals surface area contributed by atoms with Crippen LogP contribution in [0.4, 0.5) is 5.69 Å². The van der Waals surface area contributed by atoms with E-state index in [9.17, 15) is 4.79 Å². The maximum absolute atomic E-state index is 12.6. The van der Waals surface area contributed by atoms with Gasteiger partial charge in [-0.05, 0) is 42.3 Å². The first kappa shape index (κ1) is 16.0. The van der Waals surface area contributed by atoms with Gasteiger partial charge in [-0.25, -0.2) is 0 Å². The molecule has 0 saturated heterocycles. The maximum atomic E-state index is 12.6. The predicted molar refractivity (Wildman–Crippen MR) is 86.9 cm³/mol. The van der Waals surface area contributed by atoms with Crippen LogP contribution in [0, 0.1) is 0 Å². The maximum Gasteiger partial charge on any atom is 0.179 e. The van der Waals surface area contributed by atoms with Gasteiger partial charge in [0.2, 0.25) is 0 Å². The van der Waals surface area contributed by atoms with Crippen LogP contribution in [-0.4, -0.2) is 23.9 Å². The fourth-order valence-corrected chi connectivity index (χ4v) is 2.25. The number of carbonyl (C=O) groups is 1. The van der Waals surface area contributed by atoms with Crippen LogP contribution >= 0.6 is 0 Å². The molecule has 0 aliphatic carbocycles. The lowest BCUT2D eigenvalue weighted by atomic mass is 10.0. The van der Waals surface area contributed by atoms with Gasteiger partial charge >= 0.3 is 0 Å². The largest absolute Gasteiger partial charge is 0.495 e. The highest BCUT2D eigenvalue weighted by Crippen LogP contribution is 2.22. The van der Waals surface area contributed by atoms with E-state index in [1.165, 1.54) is 0 Å². The molecule has 116 valence electrons. The van der Waals surface area contributed by atoms with Crippen LogP contribution in [0.3, 0.4) is 0 Å². The molecule has 22 heavy (non-hydrogen) atoms. The van der Waals surface area contributed by atoms with Gasteiger partial charge in [0.15, 0.2) is 5.78 Å². The summed E-state index contributed by atoms with van der Waals surface area (Å²) in [5.74, 6) is 0.611. The molecule has 5 nitrogen and oxygen atoms in total. The number of nitrogens with zero attached hydrogens (tertiary/aromatic N) is 1. The highest BCUT2D eigenvalue weighted by molar-refractivity contribution is 6.01. The van der Waals surface area contributed by atoms with E-state index in [0.29, 0.717) is 30.0 Å². The molecule has 2 rings (SSSR count). The quantitative estimate of drug-likeness (QED) is 0.606. The molecule has 1 aromatic carbocycles. The van der Waals surface area contributed by atoms with Crippen molar-refractivity contribution in [3.05, 3.63) is 53.9 Å². The fraction of sp³-hybridized carbons (Fsp3) is 0.294. The van der Waals surface area contributed by atoms with E-state index in [2.05, 4.69) is 10.3 Å². The number of carbonyl (C=O) groups excluding carboxylic acids is 1. The summed E-state index contributed by atoms with van der Waals surface area (Å²) in [6.07, 6.45) is 4.18. The minimum atomic E-state index is -0.249. The zero-order chi connectivity index (χ0) is 15.9. The van der Waals surface area contributed by atoms with Gasteiger partial charge < -0.3 is 15.8 Å². The van der Waals surface area contributed by atoms with Crippen molar-refractivity contribution in [3.8, 4) is 5.75 Å². The van der Waals surface area contributed by atoms with Gasteiger partial charge in [0.1, 0.15) is 5.75 Å². The Kier molecular flexibility index (Phi) is 5.49. The number of nitrogens with one attached hydrogen (secondary N) is 1. The Morgan fingerprint density at radius 2 is 2.05 bits per heavy atom. The SMILES string of the molecule is CCC(NCc1ccncc1)C(=O)c1ccc(OC)c(N)c1. The van der Waals surface area contributed by atoms with Gasteiger partial charge in [-0.2, -0.15) is 0 Å². The number of hydrogen-bond acceptors (Lipinski definition) is 5. The number of benzene rings is 1. The number of rotatable bonds is 7. The Bertz CT molecular complexity index is 629. The highest BCUT2D eigenvalue weighted by Gasteiger charge is 2.18. The fourth-order valence-electron chi connectivity index (χ4n) is 2.25. The number of anilines is 1. The molecule has 5 heteroatoms. The van der Waals surface area contributed by atoms with E-state index >= 15 is 0 Å². The molecular weight excluding hydrogens is 278 g/mol. The third kappa shape index (κ3) is 3.83. The van der Waals surface area contributed by atoms with Crippen LogP contribution in [-0.2, 0) is 6.54 Å². The van der Waals surface area contributed by atoms with Crippen LogP contribution < -0.4 is 15.8 Å². The van der Waals surface area contributed by atoms with Gasteiger partial charge in [-0.1, -0.05) is 6.92 Å². The van der Waals surface area contributed by atoms with E-state index < -0.39 is 0 Å². The molecule has 0 radical (unpaired) electrons. The zero-order valence-corrected chi connectivity index (χ0v) is 12.9. The third-order valence-electron chi connectivity index (χ3n) is 3.54. The number of ether oxygens (including phenoxy) is 1. The summed E-state index contributed by atoms with van der Waals surface area (Å²) < 4.78 is 5.11. The average Bonchev–Trinajstić information content (AvgIpc) is 2.56. The standard InChI is InChI=1S/C17H21N3O2/c1-3-15(20-11-12-6-8-19-9-7-12)17(21)13-4-5-16(22-2)14(18)10-13/h4-10,15,20H,3,11,18H2,1-2H3. The first-order valence-electron chi connectivity index (χ1n) is 7.25. The number of aromatic nitrogens is 1. The number of nitrogens with two attached hydrogens (primary N) is 1. The van der Waals surface area contributed by atoms with E-state index in [1.54, 1.807) is 37.7 Å². The first-order valence-corrected chi connectivity index (χ1v) is 7.25. The Balaban J connectivity index is 2.06. The molecule has 2 aromatic rings. The molecule has 0 aliphatic heterocycles. The molecular formula is C17H21N3O2. The summed E-state index contributed by atoms with van der Waals surface area (Å²) in [4.78, 5) is 16.6. The second-order valence-corrected chi connectivity index (χ2v) is 5.02. The van der Waals surface area contributed by atoms with Crippen molar-refractivity contribution in [2.45, 2.75) is 25.9 Å². The smallest absolute Gasteiger partial charge is 0.179 e. The second-order valence-electron chi connectivity index (χ2n) is 5.02. The summed E-state index contributed by atoms with van der Waals surface area (Å²) in [6, 6.07) is 8.73. The number of Topliss-reactive ketones (excluding diaryl/α,β-unsaturated/α-hetero) is 1. The third-order valence-corrected chi connectivity index (χ3v) is 3.54. The van der Waals surface area contributed by atoms with Crippen molar-refractivity contribution in [2.75, 3.05) is 12.8 Å². The van der Waals surface area contributed by atoms with Gasteiger partial charge in [-0.15, -0.1) is 0 Å². The number of ketones is 1. The van der Waals surface area contributed by atoms with Gasteiger partial charge in [0.25, 0.3) is 0 Å². The molecule has 1 aromatic heterocycles. The van der Waals surface area contributed by atoms with Gasteiger partial charge in [0.05, 0.1) is 18.8 Å². The Morgan fingerprint density at radius 3 is 2.64 bits per heavy atom. The molecule has 1 atom stereocenters. The van der Waals surface area contributed by atoms with Gasteiger partial charge in [-0.3, -0.25) is 9.78 Å². The van der Waals surface area contributed by atoms with Crippen molar-refractivity contribution < 1.29 is 9.53 Å². The molecule has 0 aliphatic rings. The highest BCUT2D eigenvalue weighted by atomic mass is 16.5. The van der Waals surface area contributed by atoms with E-state index in [4.69, 9.17) is 10.5 Å². The summed E-state index contributed by atoms with van der Waals surface area (Å²) in [6.45, 7) is 2.60. The van der Waals surface area contributed by atoms with Crippen LogP contribution in [0.5, 0.6) is 5.75 Å². The van der Waals surface area contributed by atoms with Crippen molar-refractivity contribution in [1.29, 1.82) is 0 Å². The predicted octanol–water partition coefficient (Wildman–Crippen LogP) is 2.42. The summed E-state index contributed by atoms with van der Waals surface area (Å²) in [5, 5.41) is 3.28. The Hall–Kier alpha value is -2.40. The molecule has 0 spiro atoms. The molecule has 1 heterocycles. The minimum absolute atomic E-state index is 0.0332. The lowest BCUT2D eigenvalue weighted by molar-refractivity contribution is 0.0939. The number of nitrogen functional groups attached to an aromatic ring is 1. The van der Waals surface area contributed by atoms with E-state index in [0.717, 1.165) is 5.56 Å². The molecule has 0 bridgehead atoms. The lowest BCUT2D eigenvalue weighted by Gasteiger charge is -2.16. The molecule has 0 saturated carbocycles. The van der Waals surface area contributed by atoms with Crippen LogP contribution in [0.15, 0.2) is 42.7 Å². The minimum Gasteiger partial charge on any atom is -0.495 e. The Labute approximate surface area is 130 Å². The number of hydrogen-bond donors (Lipinski definition) is 2. The van der Waals surface area contributed by atoms with Gasteiger partial charge in [0, 0.05) is 24.5 Å². The van der Waals surface area contributed by atoms with E-state index in [-0.39, 0.29) is 11.8 Å². The van der Waals surface area contributed by atoms with Crippen LogP contribution in [0.2, 0.25) is 0 Å². The zero-order valence-electron chi connectivity index (χ0n) is 12.9. The molecule has 0 fully saturated rings. The van der Waals surface area contributed by atoms with Crippen LogP contribution in [0.25, 0.3) is 0 Å².